The topological polar surface area (TPSA) is 69.7 Å². The number of nitrogens with zero attached hydrogens (tertiary/aromatic N) is 2. The molecule has 0 saturated heterocycles. The molecular formula is C22H27N3O3S. The van der Waals surface area contributed by atoms with Crippen LogP contribution in [0.2, 0.25) is 0 Å². The van der Waals surface area contributed by atoms with E-state index in [9.17, 15) is 13.2 Å². The summed E-state index contributed by atoms with van der Waals surface area (Å²) in [6.07, 6.45) is 1.78. The standard InChI is InChI=1S/C22H27N3O3S/c1-22(2,3)17-10-8-16(9-11-17)21(26)23-14-15-24-19-6-4-5-7-20(19)25(18-12-13-18)29(24,27)28/h4-11,18H,12-15H2,1-3H3,(H,23,26). The van der Waals surface area contributed by atoms with Crippen molar-refractivity contribution >= 4 is 27.5 Å². The first-order valence-electron chi connectivity index (χ1n) is 9.99. The maximum Gasteiger partial charge on any atom is 0.326 e. The van der Waals surface area contributed by atoms with Crippen LogP contribution in [0.4, 0.5) is 11.4 Å². The van der Waals surface area contributed by atoms with Crippen LogP contribution < -0.4 is 13.9 Å². The van der Waals surface area contributed by atoms with Crippen LogP contribution in [0.1, 0.15) is 49.5 Å². The number of para-hydroxylation sites is 2. The van der Waals surface area contributed by atoms with E-state index >= 15 is 0 Å². The van der Waals surface area contributed by atoms with Gasteiger partial charge in [-0.05, 0) is 48.1 Å². The van der Waals surface area contributed by atoms with Gasteiger partial charge in [0.25, 0.3) is 5.91 Å². The van der Waals surface area contributed by atoms with Gasteiger partial charge in [0.1, 0.15) is 0 Å². The van der Waals surface area contributed by atoms with Crippen LogP contribution in [-0.2, 0) is 15.6 Å². The molecule has 1 saturated carbocycles. The van der Waals surface area contributed by atoms with Gasteiger partial charge in [-0.3, -0.25) is 4.79 Å². The maximum atomic E-state index is 13.0. The first-order chi connectivity index (χ1) is 13.7. The second-order valence-electron chi connectivity index (χ2n) is 8.68. The second kappa shape index (κ2) is 7.06. The normalized spacial score (nSPS) is 17.9. The molecule has 0 unspecified atom stereocenters. The zero-order chi connectivity index (χ0) is 20.8. The Hall–Kier alpha value is -2.54. The quantitative estimate of drug-likeness (QED) is 0.816. The monoisotopic (exact) mass is 413 g/mol. The average molecular weight is 414 g/mol. The van der Waals surface area contributed by atoms with Crippen LogP contribution >= 0.6 is 0 Å². The van der Waals surface area contributed by atoms with Crippen LogP contribution in [-0.4, -0.2) is 33.5 Å². The minimum absolute atomic E-state index is 0.0277. The molecule has 4 rings (SSSR count). The summed E-state index contributed by atoms with van der Waals surface area (Å²) in [4.78, 5) is 12.5. The average Bonchev–Trinajstić information content (AvgIpc) is 3.46. The van der Waals surface area contributed by atoms with Gasteiger partial charge in [0.15, 0.2) is 0 Å². The lowest BCUT2D eigenvalue weighted by atomic mass is 9.87. The molecule has 154 valence electrons. The predicted octanol–water partition coefficient (Wildman–Crippen LogP) is 3.45. The lowest BCUT2D eigenvalue weighted by molar-refractivity contribution is 0.0955. The number of benzene rings is 2. The third-order valence-corrected chi connectivity index (χ3v) is 7.34. The molecule has 0 atom stereocenters. The van der Waals surface area contributed by atoms with Crippen molar-refractivity contribution in [2.45, 2.75) is 45.1 Å². The number of nitrogens with one attached hydrogen (secondary N) is 1. The summed E-state index contributed by atoms with van der Waals surface area (Å²) in [6.45, 7) is 6.82. The molecule has 1 amide bonds. The molecule has 29 heavy (non-hydrogen) atoms. The molecule has 6 nitrogen and oxygen atoms in total. The van der Waals surface area contributed by atoms with Gasteiger partial charge < -0.3 is 5.32 Å². The minimum atomic E-state index is -3.59. The largest absolute Gasteiger partial charge is 0.350 e. The van der Waals surface area contributed by atoms with Crippen LogP contribution in [0.15, 0.2) is 48.5 Å². The van der Waals surface area contributed by atoms with Crippen molar-refractivity contribution in [2.75, 3.05) is 21.7 Å². The van der Waals surface area contributed by atoms with Crippen molar-refractivity contribution in [1.82, 2.24) is 5.32 Å². The van der Waals surface area contributed by atoms with E-state index in [-0.39, 0.29) is 30.5 Å². The lowest BCUT2D eigenvalue weighted by Gasteiger charge is -2.21. The molecular weight excluding hydrogens is 386 g/mol. The molecule has 1 heterocycles. The summed E-state index contributed by atoms with van der Waals surface area (Å²) < 4.78 is 29.0. The SMILES string of the molecule is CC(C)(C)c1ccc(C(=O)NCCN2c3ccccc3N(C3CC3)S2(=O)=O)cc1. The highest BCUT2D eigenvalue weighted by molar-refractivity contribution is 7.94. The van der Waals surface area contributed by atoms with Crippen molar-refractivity contribution in [2.24, 2.45) is 0 Å². The van der Waals surface area contributed by atoms with Crippen molar-refractivity contribution < 1.29 is 13.2 Å². The zero-order valence-electron chi connectivity index (χ0n) is 17.1. The lowest BCUT2D eigenvalue weighted by Crippen LogP contribution is -2.42. The fraction of sp³-hybridized carbons (Fsp3) is 0.409. The van der Waals surface area contributed by atoms with E-state index in [1.54, 1.807) is 0 Å². The fourth-order valence-corrected chi connectivity index (χ4v) is 5.57. The smallest absolute Gasteiger partial charge is 0.326 e. The highest BCUT2D eigenvalue weighted by atomic mass is 32.2. The number of rotatable bonds is 5. The van der Waals surface area contributed by atoms with Crippen LogP contribution in [0.3, 0.4) is 0 Å². The molecule has 2 aliphatic rings. The summed E-state index contributed by atoms with van der Waals surface area (Å²) in [6, 6.07) is 15.0. The van der Waals surface area contributed by atoms with Crippen molar-refractivity contribution in [3.05, 3.63) is 59.7 Å². The Kier molecular flexibility index (Phi) is 4.81. The van der Waals surface area contributed by atoms with Gasteiger partial charge >= 0.3 is 10.2 Å². The van der Waals surface area contributed by atoms with Gasteiger partial charge in [-0.25, -0.2) is 8.61 Å². The highest BCUT2D eigenvalue weighted by Crippen LogP contribution is 2.46. The van der Waals surface area contributed by atoms with E-state index in [4.69, 9.17) is 0 Å². The van der Waals surface area contributed by atoms with Crippen molar-refractivity contribution in [3.63, 3.8) is 0 Å². The molecule has 0 aromatic heterocycles. The number of carbonyl (C=O) groups is 1. The molecule has 0 spiro atoms. The summed E-state index contributed by atoms with van der Waals surface area (Å²) in [5, 5.41) is 2.85. The van der Waals surface area contributed by atoms with Gasteiger partial charge in [0, 0.05) is 18.2 Å². The van der Waals surface area contributed by atoms with E-state index in [2.05, 4.69) is 26.1 Å². The molecule has 7 heteroatoms. The first-order valence-corrected chi connectivity index (χ1v) is 11.4. The number of fused-ring (bicyclic) bond motifs is 1. The Morgan fingerprint density at radius 3 is 2.24 bits per heavy atom. The van der Waals surface area contributed by atoms with E-state index < -0.39 is 10.2 Å². The Morgan fingerprint density at radius 2 is 1.66 bits per heavy atom. The Morgan fingerprint density at radius 1 is 1.03 bits per heavy atom. The summed E-state index contributed by atoms with van der Waals surface area (Å²) >= 11 is 0. The number of hydrogen-bond acceptors (Lipinski definition) is 3. The summed E-state index contributed by atoms with van der Waals surface area (Å²) in [5.74, 6) is -0.200. The Bertz CT molecular complexity index is 1020. The molecule has 2 aromatic rings. The van der Waals surface area contributed by atoms with Crippen molar-refractivity contribution in [3.8, 4) is 0 Å². The molecule has 0 bridgehead atoms. The molecule has 1 fully saturated rings. The number of carbonyl (C=O) groups excluding carboxylic acids is 1. The molecule has 2 aromatic carbocycles. The van der Waals surface area contributed by atoms with Gasteiger partial charge in [0.05, 0.1) is 17.9 Å². The maximum absolute atomic E-state index is 13.0. The first kappa shape index (κ1) is 19.8. The van der Waals surface area contributed by atoms with Crippen LogP contribution in [0.5, 0.6) is 0 Å². The zero-order valence-corrected chi connectivity index (χ0v) is 17.9. The van der Waals surface area contributed by atoms with E-state index in [0.29, 0.717) is 11.3 Å². The summed E-state index contributed by atoms with van der Waals surface area (Å²) in [5.41, 5.74) is 3.18. The van der Waals surface area contributed by atoms with E-state index in [1.807, 2.05) is 48.5 Å². The molecule has 0 radical (unpaired) electrons. The second-order valence-corrected chi connectivity index (χ2v) is 10.4. The summed E-state index contributed by atoms with van der Waals surface area (Å²) in [7, 11) is -3.59. The van der Waals surface area contributed by atoms with Gasteiger partial charge in [0.2, 0.25) is 0 Å². The fourth-order valence-electron chi connectivity index (χ4n) is 3.64. The van der Waals surface area contributed by atoms with Crippen molar-refractivity contribution in [1.29, 1.82) is 0 Å². The van der Waals surface area contributed by atoms with Gasteiger partial charge in [-0.15, -0.1) is 0 Å². The Labute approximate surface area is 172 Å². The van der Waals surface area contributed by atoms with Crippen LogP contribution in [0.25, 0.3) is 0 Å². The molecule has 1 N–H and O–H groups in total. The third-order valence-electron chi connectivity index (χ3n) is 5.41. The van der Waals surface area contributed by atoms with Gasteiger partial charge in [-0.1, -0.05) is 45.0 Å². The van der Waals surface area contributed by atoms with E-state index in [1.165, 1.54) is 8.61 Å². The number of hydrogen-bond donors (Lipinski definition) is 1. The predicted molar refractivity (Wildman–Crippen MR) is 116 cm³/mol. The number of anilines is 2. The third kappa shape index (κ3) is 3.71. The van der Waals surface area contributed by atoms with Crippen LogP contribution in [0, 0.1) is 0 Å². The minimum Gasteiger partial charge on any atom is -0.350 e. The molecule has 1 aliphatic carbocycles. The Balaban J connectivity index is 1.43. The van der Waals surface area contributed by atoms with Gasteiger partial charge in [-0.2, -0.15) is 8.42 Å². The molecule has 1 aliphatic heterocycles. The van der Waals surface area contributed by atoms with E-state index in [0.717, 1.165) is 24.1 Å². The highest BCUT2D eigenvalue weighted by Gasteiger charge is 2.47. The number of amides is 1.